The molecule has 0 spiro atoms. The molecule has 3 rings (SSSR count). The van der Waals surface area contributed by atoms with Gasteiger partial charge in [-0.1, -0.05) is 0 Å². The van der Waals surface area contributed by atoms with E-state index in [-0.39, 0.29) is 29.1 Å². The minimum Gasteiger partial charge on any atom is -0.491 e. The van der Waals surface area contributed by atoms with E-state index in [0.717, 1.165) is 12.1 Å². The van der Waals surface area contributed by atoms with Crippen molar-refractivity contribution in [3.8, 4) is 17.1 Å². The van der Waals surface area contributed by atoms with E-state index in [4.69, 9.17) is 9.15 Å². The Bertz CT molecular complexity index is 901. The van der Waals surface area contributed by atoms with E-state index in [1.54, 1.807) is 13.8 Å². The molecule has 0 amide bonds. The highest BCUT2D eigenvalue weighted by molar-refractivity contribution is 5.60. The molecule has 136 valence electrons. The lowest BCUT2D eigenvalue weighted by Gasteiger charge is -2.14. The van der Waals surface area contributed by atoms with Crippen molar-refractivity contribution >= 4 is 12.3 Å². The van der Waals surface area contributed by atoms with E-state index in [0.29, 0.717) is 0 Å². The van der Waals surface area contributed by atoms with Gasteiger partial charge in [0.1, 0.15) is 12.1 Å². The number of aromatic nitrogens is 5. The number of halogens is 3. The van der Waals surface area contributed by atoms with Crippen LogP contribution in [0, 0.1) is 0 Å². The standard InChI is InChI=1S/C16H14F3N5O2/c1-10(2)26-13-6-11(5-12(7-13)16(17,18)19)15-20-8-24(23-15)4-3-14-22-21-9-25-14/h3-10H,1-2H3. The van der Waals surface area contributed by atoms with Crippen LogP contribution in [0.15, 0.2) is 35.3 Å². The summed E-state index contributed by atoms with van der Waals surface area (Å²) in [5, 5.41) is 11.3. The summed E-state index contributed by atoms with van der Waals surface area (Å²) in [5.41, 5.74) is -0.635. The van der Waals surface area contributed by atoms with Crippen LogP contribution in [0.3, 0.4) is 0 Å². The molecule has 0 radical (unpaired) electrons. The number of ether oxygens (including phenoxy) is 1. The van der Waals surface area contributed by atoms with Crippen LogP contribution in [-0.2, 0) is 6.18 Å². The molecule has 3 aromatic rings. The molecule has 26 heavy (non-hydrogen) atoms. The van der Waals surface area contributed by atoms with E-state index in [9.17, 15) is 13.2 Å². The lowest BCUT2D eigenvalue weighted by Crippen LogP contribution is -2.09. The SMILES string of the molecule is CC(C)Oc1cc(-c2ncn(C=Cc3nnco3)n2)cc(C(F)(F)F)c1. The molecule has 0 saturated carbocycles. The number of nitrogens with zero attached hydrogens (tertiary/aromatic N) is 5. The minimum absolute atomic E-state index is 0.0996. The van der Waals surface area contributed by atoms with Gasteiger partial charge in [0.05, 0.1) is 11.7 Å². The monoisotopic (exact) mass is 365 g/mol. The fraction of sp³-hybridized carbons (Fsp3) is 0.250. The summed E-state index contributed by atoms with van der Waals surface area (Å²) in [6.45, 7) is 3.46. The summed E-state index contributed by atoms with van der Waals surface area (Å²) in [6, 6.07) is 3.40. The highest BCUT2D eigenvalue weighted by Gasteiger charge is 2.32. The van der Waals surface area contributed by atoms with Crippen molar-refractivity contribution in [2.75, 3.05) is 0 Å². The summed E-state index contributed by atoms with van der Waals surface area (Å²) in [5.74, 6) is 0.483. The molecule has 10 heteroatoms. The van der Waals surface area contributed by atoms with E-state index in [1.165, 1.54) is 35.7 Å². The van der Waals surface area contributed by atoms with Crippen molar-refractivity contribution in [2.45, 2.75) is 26.1 Å². The normalized spacial score (nSPS) is 12.2. The highest BCUT2D eigenvalue weighted by atomic mass is 19.4. The Morgan fingerprint density at radius 3 is 2.69 bits per heavy atom. The fourth-order valence-corrected chi connectivity index (χ4v) is 2.11. The predicted octanol–water partition coefficient (Wildman–Crippen LogP) is 3.76. The summed E-state index contributed by atoms with van der Waals surface area (Å²) >= 11 is 0. The topological polar surface area (TPSA) is 78.9 Å². The molecule has 0 N–H and O–H groups in total. The molecular weight excluding hydrogens is 351 g/mol. The Morgan fingerprint density at radius 1 is 1.23 bits per heavy atom. The lowest BCUT2D eigenvalue weighted by atomic mass is 10.1. The second-order valence-electron chi connectivity index (χ2n) is 5.55. The third kappa shape index (κ3) is 4.26. The van der Waals surface area contributed by atoms with Gasteiger partial charge in [0.2, 0.25) is 12.3 Å². The van der Waals surface area contributed by atoms with E-state index in [2.05, 4.69) is 20.3 Å². The number of benzene rings is 1. The zero-order chi connectivity index (χ0) is 18.7. The average Bonchev–Trinajstić information content (AvgIpc) is 3.23. The van der Waals surface area contributed by atoms with Gasteiger partial charge in [0.15, 0.2) is 5.82 Å². The van der Waals surface area contributed by atoms with Crippen molar-refractivity contribution in [3.63, 3.8) is 0 Å². The minimum atomic E-state index is -4.51. The van der Waals surface area contributed by atoms with Crippen molar-refractivity contribution in [2.24, 2.45) is 0 Å². The van der Waals surface area contributed by atoms with Crippen molar-refractivity contribution in [1.29, 1.82) is 0 Å². The van der Waals surface area contributed by atoms with Crippen LogP contribution in [-0.4, -0.2) is 31.1 Å². The van der Waals surface area contributed by atoms with Gasteiger partial charge >= 0.3 is 6.18 Å². The van der Waals surface area contributed by atoms with Crippen LogP contribution < -0.4 is 4.74 Å². The predicted molar refractivity (Wildman–Crippen MR) is 85.7 cm³/mol. The number of hydrogen-bond acceptors (Lipinski definition) is 6. The van der Waals surface area contributed by atoms with Gasteiger partial charge in [-0.2, -0.15) is 13.2 Å². The molecule has 0 aliphatic rings. The summed E-state index contributed by atoms with van der Waals surface area (Å²) in [4.78, 5) is 4.04. The lowest BCUT2D eigenvalue weighted by molar-refractivity contribution is -0.137. The molecule has 0 saturated heterocycles. The molecule has 2 aromatic heterocycles. The molecule has 0 aliphatic heterocycles. The second-order valence-corrected chi connectivity index (χ2v) is 5.55. The average molecular weight is 365 g/mol. The van der Waals surface area contributed by atoms with E-state index < -0.39 is 11.7 Å². The van der Waals surface area contributed by atoms with E-state index >= 15 is 0 Å². The largest absolute Gasteiger partial charge is 0.491 e. The third-order valence-electron chi connectivity index (χ3n) is 3.12. The maximum Gasteiger partial charge on any atom is 0.416 e. The molecule has 0 aliphatic carbocycles. The molecule has 2 heterocycles. The van der Waals surface area contributed by atoms with Crippen LogP contribution in [0.2, 0.25) is 0 Å². The van der Waals surface area contributed by atoms with Gasteiger partial charge < -0.3 is 9.15 Å². The van der Waals surface area contributed by atoms with Crippen molar-refractivity contribution in [1.82, 2.24) is 25.0 Å². The van der Waals surface area contributed by atoms with Crippen molar-refractivity contribution in [3.05, 3.63) is 42.4 Å². The van der Waals surface area contributed by atoms with Gasteiger partial charge in [0.25, 0.3) is 0 Å². The van der Waals surface area contributed by atoms with Gasteiger partial charge in [-0.3, -0.25) is 0 Å². The Morgan fingerprint density at radius 2 is 2.04 bits per heavy atom. The van der Waals surface area contributed by atoms with Crippen LogP contribution in [0.4, 0.5) is 13.2 Å². The van der Waals surface area contributed by atoms with Gasteiger partial charge in [-0.15, -0.1) is 15.3 Å². The smallest absolute Gasteiger partial charge is 0.416 e. The van der Waals surface area contributed by atoms with Gasteiger partial charge in [-0.05, 0) is 32.0 Å². The van der Waals surface area contributed by atoms with Crippen LogP contribution in [0.5, 0.6) is 5.75 Å². The maximum absolute atomic E-state index is 13.1. The molecule has 0 fully saturated rings. The third-order valence-corrected chi connectivity index (χ3v) is 3.12. The Hall–Kier alpha value is -3.17. The second kappa shape index (κ2) is 6.98. The molecule has 0 atom stereocenters. The van der Waals surface area contributed by atoms with E-state index in [1.807, 2.05) is 0 Å². The van der Waals surface area contributed by atoms with Crippen LogP contribution >= 0.6 is 0 Å². The molecule has 0 bridgehead atoms. The molecule has 1 aromatic carbocycles. The summed E-state index contributed by atoms with van der Waals surface area (Å²) < 4.78 is 51.1. The number of rotatable bonds is 5. The van der Waals surface area contributed by atoms with Crippen molar-refractivity contribution < 1.29 is 22.3 Å². The van der Waals surface area contributed by atoms with Crippen LogP contribution in [0.1, 0.15) is 25.3 Å². The quantitative estimate of drug-likeness (QED) is 0.685. The van der Waals surface area contributed by atoms with Gasteiger partial charge in [0, 0.05) is 17.8 Å². The number of hydrogen-bond donors (Lipinski definition) is 0. The molecular formula is C16H14F3N5O2. The Balaban J connectivity index is 1.92. The maximum atomic E-state index is 13.1. The first kappa shape index (κ1) is 17.6. The zero-order valence-electron chi connectivity index (χ0n) is 13.8. The van der Waals surface area contributed by atoms with Gasteiger partial charge in [-0.25, -0.2) is 9.67 Å². The number of alkyl halides is 3. The first-order valence-electron chi connectivity index (χ1n) is 7.56. The Kier molecular flexibility index (Phi) is 4.74. The summed E-state index contributed by atoms with van der Waals surface area (Å²) in [6.07, 6.45) is 0.727. The molecule has 7 nitrogen and oxygen atoms in total. The zero-order valence-corrected chi connectivity index (χ0v) is 13.8. The first-order valence-corrected chi connectivity index (χ1v) is 7.56. The van der Waals surface area contributed by atoms with Crippen LogP contribution in [0.25, 0.3) is 23.7 Å². The Labute approximate surface area is 146 Å². The fourth-order valence-electron chi connectivity index (χ4n) is 2.11. The highest BCUT2D eigenvalue weighted by Crippen LogP contribution is 2.35. The summed E-state index contributed by atoms with van der Waals surface area (Å²) in [7, 11) is 0. The molecule has 0 unspecified atom stereocenters. The first-order chi connectivity index (χ1) is 12.3.